The topological polar surface area (TPSA) is 111 Å². The maximum Gasteiger partial charge on any atom is 0.319 e. The summed E-state index contributed by atoms with van der Waals surface area (Å²) in [5.74, 6) is -0.379. The molecule has 4 heterocycles. The molecular weight excluding hydrogens is 522 g/mol. The summed E-state index contributed by atoms with van der Waals surface area (Å²) < 4.78 is 0. The Morgan fingerprint density at radius 2 is 1.98 bits per heavy atom. The molecule has 1 unspecified atom stereocenters. The van der Waals surface area contributed by atoms with Crippen LogP contribution < -0.4 is 5.73 Å². The number of primary amides is 1. The molecule has 0 saturated carbocycles. The van der Waals surface area contributed by atoms with Crippen LogP contribution in [0.25, 0.3) is 27.9 Å². The molecule has 2 aliphatic heterocycles. The fourth-order valence-corrected chi connectivity index (χ4v) is 6.47. The quantitative estimate of drug-likeness (QED) is 0.458. The van der Waals surface area contributed by atoms with E-state index in [0.29, 0.717) is 24.5 Å². The minimum Gasteiger partial charge on any atom is -0.365 e. The number of rotatable bonds is 5. The van der Waals surface area contributed by atoms with Gasteiger partial charge in [-0.1, -0.05) is 50.7 Å². The molecule has 0 aliphatic carbocycles. The van der Waals surface area contributed by atoms with Crippen molar-refractivity contribution in [3.63, 3.8) is 0 Å². The number of nitrogens with two attached hydrogens (primary N) is 1. The molecular formula is C30H37N7O2S. The molecule has 1 atom stereocenters. The van der Waals surface area contributed by atoms with Gasteiger partial charge in [-0.3, -0.25) is 4.79 Å². The van der Waals surface area contributed by atoms with Crippen molar-refractivity contribution in [2.45, 2.75) is 46.0 Å². The Kier molecular flexibility index (Phi) is 7.39. The van der Waals surface area contributed by atoms with Gasteiger partial charge in [0.1, 0.15) is 12.0 Å². The number of hydrogen-bond donors (Lipinski definition) is 2. The third kappa shape index (κ3) is 5.45. The fourth-order valence-electron chi connectivity index (χ4n) is 5.29. The summed E-state index contributed by atoms with van der Waals surface area (Å²) in [5, 5.41) is 1.09. The van der Waals surface area contributed by atoms with E-state index in [2.05, 4.69) is 77.9 Å². The van der Waals surface area contributed by atoms with Gasteiger partial charge in [-0.15, -0.1) is 0 Å². The van der Waals surface area contributed by atoms with Gasteiger partial charge in [-0.25, -0.2) is 14.8 Å². The van der Waals surface area contributed by atoms with Gasteiger partial charge < -0.3 is 25.4 Å². The summed E-state index contributed by atoms with van der Waals surface area (Å²) in [6.07, 6.45) is 6.39. The minimum absolute atomic E-state index is 0.0284. The highest BCUT2D eigenvalue weighted by atomic mass is 32.2. The number of carbonyl (C=O) groups excluding carboxylic acids is 2. The molecule has 2 aromatic heterocycles. The molecule has 3 amide bonds. The van der Waals surface area contributed by atoms with E-state index in [1.807, 2.05) is 11.1 Å². The van der Waals surface area contributed by atoms with Crippen LogP contribution in [-0.4, -0.2) is 74.1 Å². The van der Waals surface area contributed by atoms with Crippen molar-refractivity contribution in [3.8, 4) is 11.3 Å². The van der Waals surface area contributed by atoms with Crippen LogP contribution in [0.1, 0.15) is 44.0 Å². The van der Waals surface area contributed by atoms with Crippen molar-refractivity contribution < 1.29 is 9.59 Å². The van der Waals surface area contributed by atoms with Gasteiger partial charge in [0.2, 0.25) is 0 Å². The van der Waals surface area contributed by atoms with Crippen molar-refractivity contribution in [1.82, 2.24) is 29.7 Å². The van der Waals surface area contributed by atoms with Crippen LogP contribution >= 0.6 is 11.8 Å². The van der Waals surface area contributed by atoms with Crippen LogP contribution in [0.2, 0.25) is 0 Å². The zero-order valence-corrected chi connectivity index (χ0v) is 24.8. The lowest BCUT2D eigenvalue weighted by Crippen LogP contribution is -2.41. The Balaban J connectivity index is 1.40. The van der Waals surface area contributed by atoms with Crippen LogP contribution in [0.3, 0.4) is 0 Å². The number of aromatic amines is 1. The van der Waals surface area contributed by atoms with Crippen LogP contribution in [-0.2, 0) is 11.3 Å². The molecule has 3 N–H and O–H groups in total. The number of aromatic nitrogens is 3. The maximum absolute atomic E-state index is 12.3. The van der Waals surface area contributed by atoms with Crippen LogP contribution in [0.4, 0.5) is 4.79 Å². The summed E-state index contributed by atoms with van der Waals surface area (Å²) in [4.78, 5) is 43.1. The van der Waals surface area contributed by atoms with E-state index in [0.717, 1.165) is 40.0 Å². The Hall–Kier alpha value is -3.79. The van der Waals surface area contributed by atoms with Gasteiger partial charge in [0.05, 0.1) is 16.0 Å². The Morgan fingerprint density at radius 3 is 2.60 bits per heavy atom. The molecule has 1 aromatic carbocycles. The summed E-state index contributed by atoms with van der Waals surface area (Å²) in [6, 6.07) is 8.57. The third-order valence-electron chi connectivity index (χ3n) is 7.41. The summed E-state index contributed by atoms with van der Waals surface area (Å²) in [7, 11) is 3.55. The van der Waals surface area contributed by atoms with Crippen molar-refractivity contribution >= 4 is 40.3 Å². The maximum atomic E-state index is 12.3. The second-order valence-corrected chi connectivity index (χ2v) is 12.9. The molecule has 10 heteroatoms. The van der Waals surface area contributed by atoms with E-state index in [1.54, 1.807) is 37.1 Å². The highest BCUT2D eigenvalue weighted by Crippen LogP contribution is 2.43. The second-order valence-electron chi connectivity index (χ2n) is 11.8. The van der Waals surface area contributed by atoms with Gasteiger partial charge in [-0.05, 0) is 47.6 Å². The standard InChI is InChI=1S/C30H37N7O2S/c1-18-13-20(7-8-21(18)15-37-16-24(26(31)38)40-28(37)30(2,3)4)25-22-14-23(34-27(22)33-17-32-25)19-9-11-36(12-10-19)29(39)35(5)6/h7-9,13-14,16-17,28H,10-12,15H2,1-6H3,(H2,31,38)(H,32,33,34). The molecule has 0 bridgehead atoms. The first-order valence-corrected chi connectivity index (χ1v) is 14.3. The predicted octanol–water partition coefficient (Wildman–Crippen LogP) is 4.95. The second kappa shape index (κ2) is 10.6. The molecule has 40 heavy (non-hydrogen) atoms. The van der Waals surface area contributed by atoms with Crippen LogP contribution in [0.15, 0.2) is 47.8 Å². The van der Waals surface area contributed by atoms with Gasteiger partial charge in [-0.2, -0.15) is 0 Å². The zero-order chi connectivity index (χ0) is 28.8. The Labute approximate surface area is 239 Å². The number of aryl methyl sites for hydroxylation is 1. The number of H-pyrrole nitrogens is 1. The zero-order valence-electron chi connectivity index (χ0n) is 24.0. The predicted molar refractivity (Wildman–Crippen MR) is 161 cm³/mol. The number of nitrogens with zero attached hydrogens (tertiary/aromatic N) is 5. The van der Waals surface area contributed by atoms with Gasteiger partial charge in [0, 0.05) is 56.6 Å². The number of urea groups is 1. The lowest BCUT2D eigenvalue weighted by atomic mass is 9.95. The summed E-state index contributed by atoms with van der Waals surface area (Å²) >= 11 is 1.54. The number of hydrogen-bond acceptors (Lipinski definition) is 6. The lowest BCUT2D eigenvalue weighted by molar-refractivity contribution is -0.113. The third-order valence-corrected chi connectivity index (χ3v) is 9.17. The highest BCUT2D eigenvalue weighted by molar-refractivity contribution is 8.04. The van der Waals surface area contributed by atoms with Gasteiger partial charge >= 0.3 is 6.03 Å². The Bertz CT molecular complexity index is 1530. The molecule has 3 aromatic rings. The average molecular weight is 560 g/mol. The van der Waals surface area contributed by atoms with Gasteiger partial charge in [0.25, 0.3) is 5.91 Å². The monoisotopic (exact) mass is 559 g/mol. The van der Waals surface area contributed by atoms with E-state index < -0.39 is 0 Å². The first-order chi connectivity index (χ1) is 18.9. The van der Waals surface area contributed by atoms with Crippen molar-refractivity contribution in [3.05, 3.63) is 64.6 Å². The smallest absolute Gasteiger partial charge is 0.319 e. The average Bonchev–Trinajstić information content (AvgIpc) is 3.54. The molecule has 0 fully saturated rings. The molecule has 0 spiro atoms. The van der Waals surface area contributed by atoms with E-state index in [9.17, 15) is 9.59 Å². The number of amides is 3. The summed E-state index contributed by atoms with van der Waals surface area (Å²) in [5.41, 5.74) is 12.8. The largest absolute Gasteiger partial charge is 0.365 e. The van der Waals surface area contributed by atoms with E-state index >= 15 is 0 Å². The van der Waals surface area contributed by atoms with Crippen molar-refractivity contribution in [2.24, 2.45) is 11.1 Å². The SMILES string of the molecule is Cc1cc(-c2ncnc3[nH]c(C4=CCN(C(=O)N(C)C)CC4)cc23)ccc1CN1C=C(C(N)=O)SC1C(C)(C)C. The van der Waals surface area contributed by atoms with Crippen LogP contribution in [0.5, 0.6) is 0 Å². The van der Waals surface area contributed by atoms with Crippen LogP contribution in [0, 0.1) is 12.3 Å². The number of thioether (sulfide) groups is 1. The molecule has 9 nitrogen and oxygen atoms in total. The molecule has 5 rings (SSSR count). The first-order valence-electron chi connectivity index (χ1n) is 13.5. The molecule has 210 valence electrons. The number of carbonyl (C=O) groups is 2. The number of nitrogens with one attached hydrogen (secondary N) is 1. The van der Waals surface area contributed by atoms with E-state index in [1.165, 1.54) is 11.1 Å². The lowest BCUT2D eigenvalue weighted by Gasteiger charge is -2.35. The molecule has 2 aliphatic rings. The highest BCUT2D eigenvalue weighted by Gasteiger charge is 2.36. The number of benzene rings is 1. The van der Waals surface area contributed by atoms with E-state index in [4.69, 9.17) is 5.73 Å². The van der Waals surface area contributed by atoms with E-state index in [-0.39, 0.29) is 22.7 Å². The normalized spacial score (nSPS) is 17.7. The first kappa shape index (κ1) is 27.8. The number of fused-ring (bicyclic) bond motifs is 1. The summed E-state index contributed by atoms with van der Waals surface area (Å²) in [6.45, 7) is 10.6. The molecule has 0 radical (unpaired) electrons. The molecule has 0 saturated heterocycles. The fraction of sp³-hybridized carbons (Fsp3) is 0.400. The van der Waals surface area contributed by atoms with Crippen molar-refractivity contribution in [1.29, 1.82) is 0 Å². The van der Waals surface area contributed by atoms with Crippen molar-refractivity contribution in [2.75, 3.05) is 27.2 Å². The Morgan fingerprint density at radius 1 is 1.20 bits per heavy atom. The minimum atomic E-state index is -0.379. The van der Waals surface area contributed by atoms with Gasteiger partial charge in [0.15, 0.2) is 0 Å².